The number of rotatable bonds is 6. The molecule has 168 valence electrons. The molecule has 8 heteroatoms. The van der Waals surface area contributed by atoms with E-state index in [2.05, 4.69) is 31.0 Å². The molecule has 31 heavy (non-hydrogen) atoms. The van der Waals surface area contributed by atoms with Gasteiger partial charge in [-0.15, -0.1) is 0 Å². The summed E-state index contributed by atoms with van der Waals surface area (Å²) >= 11 is 0. The van der Waals surface area contributed by atoms with Crippen LogP contribution in [-0.4, -0.2) is 62.8 Å². The van der Waals surface area contributed by atoms with Crippen LogP contribution < -0.4 is 5.32 Å². The first-order valence-electron chi connectivity index (χ1n) is 10.4. The highest BCUT2D eigenvalue weighted by Crippen LogP contribution is 2.22. The van der Waals surface area contributed by atoms with Gasteiger partial charge in [0.1, 0.15) is 5.82 Å². The molecule has 0 bridgehead atoms. The van der Waals surface area contributed by atoms with E-state index in [0.29, 0.717) is 44.8 Å². The third kappa shape index (κ3) is 5.90. The molecular formula is C23H30FN3O3S. The van der Waals surface area contributed by atoms with E-state index < -0.39 is 15.8 Å². The predicted octanol–water partition coefficient (Wildman–Crippen LogP) is 2.86. The normalized spacial score (nSPS) is 16.3. The second-order valence-electron chi connectivity index (χ2n) is 8.78. The number of halogens is 1. The quantitative estimate of drug-likeness (QED) is 0.739. The molecule has 6 nitrogen and oxygen atoms in total. The van der Waals surface area contributed by atoms with Crippen molar-refractivity contribution < 1.29 is 17.6 Å². The lowest BCUT2D eigenvalue weighted by Gasteiger charge is -2.33. The largest absolute Gasteiger partial charge is 0.351 e. The molecule has 1 aliphatic heterocycles. The van der Waals surface area contributed by atoms with Gasteiger partial charge in [-0.05, 0) is 47.4 Å². The smallest absolute Gasteiger partial charge is 0.251 e. The van der Waals surface area contributed by atoms with E-state index in [0.717, 1.165) is 12.1 Å². The molecule has 1 N–H and O–H groups in total. The number of sulfonamides is 1. The monoisotopic (exact) mass is 447 g/mol. The lowest BCUT2D eigenvalue weighted by atomic mass is 9.87. The summed E-state index contributed by atoms with van der Waals surface area (Å²) < 4.78 is 39.9. The average Bonchev–Trinajstić information content (AvgIpc) is 2.74. The van der Waals surface area contributed by atoms with Crippen molar-refractivity contribution in [2.75, 3.05) is 39.3 Å². The zero-order valence-corrected chi connectivity index (χ0v) is 19.1. The van der Waals surface area contributed by atoms with E-state index in [-0.39, 0.29) is 16.2 Å². The number of benzene rings is 2. The van der Waals surface area contributed by atoms with Gasteiger partial charge in [0.2, 0.25) is 10.0 Å². The van der Waals surface area contributed by atoms with Crippen LogP contribution in [0.4, 0.5) is 4.39 Å². The highest BCUT2D eigenvalue weighted by molar-refractivity contribution is 7.89. The third-order valence-electron chi connectivity index (χ3n) is 5.51. The fourth-order valence-electron chi connectivity index (χ4n) is 3.50. The summed E-state index contributed by atoms with van der Waals surface area (Å²) in [5, 5.41) is 2.93. The molecular weight excluding hydrogens is 417 g/mol. The standard InChI is InChI=1S/C23H30FN3O3S/c1-23(2,3)19-6-4-18(5-7-19)22(28)25-12-13-26-14-16-27(17-15-26)31(29,30)21-10-8-20(24)9-11-21/h4-11H,12-17H2,1-3H3,(H,25,28). The van der Waals surface area contributed by atoms with Crippen molar-refractivity contribution in [3.63, 3.8) is 0 Å². The van der Waals surface area contributed by atoms with Crippen molar-refractivity contribution in [2.24, 2.45) is 0 Å². The average molecular weight is 448 g/mol. The summed E-state index contributed by atoms with van der Waals surface area (Å²) in [5.74, 6) is -0.575. The first-order chi connectivity index (χ1) is 14.6. The first kappa shape index (κ1) is 23.4. The van der Waals surface area contributed by atoms with E-state index in [4.69, 9.17) is 0 Å². The Morgan fingerprint density at radius 1 is 0.968 bits per heavy atom. The number of nitrogens with zero attached hydrogens (tertiary/aromatic N) is 2. The van der Waals surface area contributed by atoms with Gasteiger partial charge in [-0.3, -0.25) is 9.69 Å². The number of carbonyl (C=O) groups is 1. The Kier molecular flexibility index (Phi) is 7.13. The summed E-state index contributed by atoms with van der Waals surface area (Å²) in [6.45, 7) is 9.42. The molecule has 0 atom stereocenters. The van der Waals surface area contributed by atoms with Crippen molar-refractivity contribution in [3.8, 4) is 0 Å². The van der Waals surface area contributed by atoms with Crippen molar-refractivity contribution in [1.29, 1.82) is 0 Å². The van der Waals surface area contributed by atoms with Gasteiger partial charge in [-0.1, -0.05) is 32.9 Å². The molecule has 0 spiro atoms. The van der Waals surface area contributed by atoms with E-state index >= 15 is 0 Å². The minimum atomic E-state index is -3.62. The number of piperazine rings is 1. The van der Waals surface area contributed by atoms with Gasteiger partial charge in [-0.25, -0.2) is 12.8 Å². The van der Waals surface area contributed by atoms with Crippen LogP contribution in [0, 0.1) is 5.82 Å². The van der Waals surface area contributed by atoms with Crippen LogP contribution in [-0.2, 0) is 15.4 Å². The fourth-order valence-corrected chi connectivity index (χ4v) is 4.92. The zero-order valence-electron chi connectivity index (χ0n) is 18.3. The topological polar surface area (TPSA) is 69.7 Å². The number of nitrogens with one attached hydrogen (secondary N) is 1. The SMILES string of the molecule is CC(C)(C)c1ccc(C(=O)NCCN2CCN(S(=O)(=O)c3ccc(F)cc3)CC2)cc1. The Bertz CT molecular complexity index is 992. The Labute approximate surface area is 184 Å². The molecule has 2 aromatic rings. The first-order valence-corrected chi connectivity index (χ1v) is 11.9. The van der Waals surface area contributed by atoms with Crippen LogP contribution in [0.15, 0.2) is 53.4 Å². The molecule has 0 aromatic heterocycles. The third-order valence-corrected chi connectivity index (χ3v) is 7.42. The summed E-state index contributed by atoms with van der Waals surface area (Å²) in [6.07, 6.45) is 0. The van der Waals surface area contributed by atoms with E-state index in [1.807, 2.05) is 24.3 Å². The van der Waals surface area contributed by atoms with Crippen molar-refractivity contribution in [2.45, 2.75) is 31.1 Å². The molecule has 0 saturated carbocycles. The molecule has 1 fully saturated rings. The van der Waals surface area contributed by atoms with Gasteiger partial charge >= 0.3 is 0 Å². The lowest BCUT2D eigenvalue weighted by molar-refractivity contribution is 0.0945. The van der Waals surface area contributed by atoms with E-state index in [9.17, 15) is 17.6 Å². The Morgan fingerprint density at radius 2 is 1.55 bits per heavy atom. The number of carbonyl (C=O) groups excluding carboxylic acids is 1. The van der Waals surface area contributed by atoms with E-state index in [1.165, 1.54) is 22.0 Å². The van der Waals surface area contributed by atoms with Crippen LogP contribution in [0.2, 0.25) is 0 Å². The highest BCUT2D eigenvalue weighted by atomic mass is 32.2. The van der Waals surface area contributed by atoms with E-state index in [1.54, 1.807) is 0 Å². The van der Waals surface area contributed by atoms with Crippen molar-refractivity contribution in [3.05, 3.63) is 65.5 Å². The van der Waals surface area contributed by atoms with Crippen LogP contribution in [0.5, 0.6) is 0 Å². The maximum atomic E-state index is 13.1. The van der Waals surface area contributed by atoms with Crippen molar-refractivity contribution >= 4 is 15.9 Å². The molecule has 1 amide bonds. The van der Waals surface area contributed by atoms with Crippen LogP contribution in [0.1, 0.15) is 36.7 Å². The summed E-state index contributed by atoms with van der Waals surface area (Å²) in [6, 6.07) is 12.5. The molecule has 1 heterocycles. The minimum absolute atomic E-state index is 0.0430. The van der Waals surface area contributed by atoms with Gasteiger partial charge < -0.3 is 5.32 Å². The Hall–Kier alpha value is -2.29. The van der Waals surface area contributed by atoms with Crippen LogP contribution in [0.25, 0.3) is 0 Å². The fraction of sp³-hybridized carbons (Fsp3) is 0.435. The number of amides is 1. The maximum absolute atomic E-state index is 13.1. The summed E-state index contributed by atoms with van der Waals surface area (Å²) in [7, 11) is -3.62. The molecule has 0 aliphatic carbocycles. The molecule has 0 radical (unpaired) electrons. The van der Waals surface area contributed by atoms with Gasteiger partial charge in [0.15, 0.2) is 0 Å². The highest BCUT2D eigenvalue weighted by Gasteiger charge is 2.28. The van der Waals surface area contributed by atoms with Gasteiger partial charge in [0.05, 0.1) is 4.90 Å². The molecule has 0 unspecified atom stereocenters. The second-order valence-corrected chi connectivity index (χ2v) is 10.7. The Balaban J connectivity index is 1.45. The predicted molar refractivity (Wildman–Crippen MR) is 119 cm³/mol. The molecule has 1 saturated heterocycles. The molecule has 2 aromatic carbocycles. The van der Waals surface area contributed by atoms with Crippen LogP contribution in [0.3, 0.4) is 0 Å². The Morgan fingerprint density at radius 3 is 2.10 bits per heavy atom. The minimum Gasteiger partial charge on any atom is -0.351 e. The number of hydrogen-bond donors (Lipinski definition) is 1. The van der Waals surface area contributed by atoms with Gasteiger partial charge in [-0.2, -0.15) is 4.31 Å². The zero-order chi connectivity index (χ0) is 22.6. The summed E-state index contributed by atoms with van der Waals surface area (Å²) in [5.41, 5.74) is 1.85. The second kappa shape index (κ2) is 9.46. The lowest BCUT2D eigenvalue weighted by Crippen LogP contribution is -2.50. The van der Waals surface area contributed by atoms with Gasteiger partial charge in [0.25, 0.3) is 5.91 Å². The van der Waals surface area contributed by atoms with Crippen molar-refractivity contribution in [1.82, 2.24) is 14.5 Å². The maximum Gasteiger partial charge on any atom is 0.251 e. The summed E-state index contributed by atoms with van der Waals surface area (Å²) in [4.78, 5) is 14.6. The molecule has 1 aliphatic rings. The number of hydrogen-bond acceptors (Lipinski definition) is 4. The molecule has 3 rings (SSSR count). The van der Waals surface area contributed by atoms with Gasteiger partial charge in [0, 0.05) is 44.8 Å². The van der Waals surface area contributed by atoms with Crippen LogP contribution >= 0.6 is 0 Å².